The molecule has 0 spiro atoms. The number of hydrogen-bond donors (Lipinski definition) is 3. The van der Waals surface area contributed by atoms with E-state index in [-0.39, 0.29) is 11.7 Å². The molecule has 0 saturated carbocycles. The molecule has 6 heteroatoms. The van der Waals surface area contributed by atoms with Crippen molar-refractivity contribution in [1.29, 1.82) is 0 Å². The Bertz CT molecular complexity index is 419. The number of carbonyl (C=O) groups is 2. The van der Waals surface area contributed by atoms with Crippen LogP contribution in [-0.2, 0) is 9.59 Å². The summed E-state index contributed by atoms with van der Waals surface area (Å²) in [6.07, 6.45) is 21.1. The fraction of sp³-hybridized carbons (Fsp3) is 0.917. The molecule has 0 aromatic rings. The molecular formula is C24H48N2O3S. The van der Waals surface area contributed by atoms with E-state index in [1.807, 2.05) is 0 Å². The molecule has 0 saturated heterocycles. The van der Waals surface area contributed by atoms with E-state index >= 15 is 0 Å². The second-order valence-electron chi connectivity index (χ2n) is 8.99. The Morgan fingerprint density at radius 3 is 1.43 bits per heavy atom. The maximum absolute atomic E-state index is 11.7. The Kier molecular flexibility index (Phi) is 20.9. The number of carboxylic acids is 1. The Balaban J connectivity index is 3.23. The number of quaternary nitrogens is 1. The van der Waals surface area contributed by atoms with E-state index in [0.29, 0.717) is 6.42 Å². The van der Waals surface area contributed by atoms with E-state index in [1.54, 1.807) is 4.90 Å². The standard InChI is InChI=1S/C24H48N2O3S/c1-26(2)20-18-16-14-12-10-8-6-4-3-5-7-9-11-13-15-17-19-23(27)25-22(21-30)24(28)29/h22,30H,3-21H2,1-2H3,(H,25,27)(H,28,29). The van der Waals surface area contributed by atoms with Crippen molar-refractivity contribution in [2.75, 3.05) is 26.4 Å². The van der Waals surface area contributed by atoms with Gasteiger partial charge in [-0.1, -0.05) is 83.5 Å². The lowest BCUT2D eigenvalue weighted by atomic mass is 10.0. The van der Waals surface area contributed by atoms with Gasteiger partial charge in [-0.3, -0.25) is 4.79 Å². The molecule has 1 amide bonds. The van der Waals surface area contributed by atoms with Gasteiger partial charge in [-0.15, -0.1) is 0 Å². The normalized spacial score (nSPS) is 12.3. The number of aliphatic carboxylic acids is 1. The maximum Gasteiger partial charge on any atom is 0.220 e. The second-order valence-corrected chi connectivity index (χ2v) is 9.35. The van der Waals surface area contributed by atoms with Crippen LogP contribution in [0.3, 0.4) is 0 Å². The van der Waals surface area contributed by atoms with Gasteiger partial charge in [-0.2, -0.15) is 12.6 Å². The Labute approximate surface area is 191 Å². The number of carbonyl (C=O) groups excluding carboxylic acids is 2. The van der Waals surface area contributed by atoms with Crippen molar-refractivity contribution >= 4 is 24.5 Å². The molecule has 178 valence electrons. The third-order valence-electron chi connectivity index (χ3n) is 5.63. The molecule has 0 radical (unpaired) electrons. The molecule has 2 N–H and O–H groups in total. The molecule has 0 aromatic carbocycles. The van der Waals surface area contributed by atoms with Crippen LogP contribution in [0.2, 0.25) is 0 Å². The number of thiol groups is 1. The summed E-state index contributed by atoms with van der Waals surface area (Å²) in [5.74, 6) is -1.43. The summed E-state index contributed by atoms with van der Waals surface area (Å²) in [5, 5.41) is 13.2. The zero-order chi connectivity index (χ0) is 22.5. The van der Waals surface area contributed by atoms with Crippen LogP contribution >= 0.6 is 12.6 Å². The minimum Gasteiger partial charge on any atom is -0.548 e. The highest BCUT2D eigenvalue weighted by atomic mass is 32.1. The topological polar surface area (TPSA) is 73.7 Å². The summed E-state index contributed by atoms with van der Waals surface area (Å²) >= 11 is 3.91. The highest BCUT2D eigenvalue weighted by Gasteiger charge is 2.10. The summed E-state index contributed by atoms with van der Waals surface area (Å²) in [6, 6.07) is -0.986. The fourth-order valence-corrected chi connectivity index (χ4v) is 3.92. The quantitative estimate of drug-likeness (QED) is 0.178. The first kappa shape index (κ1) is 29.2. The van der Waals surface area contributed by atoms with Crippen molar-refractivity contribution < 1.29 is 19.6 Å². The average Bonchev–Trinajstić information content (AvgIpc) is 2.70. The largest absolute Gasteiger partial charge is 0.548 e. The summed E-state index contributed by atoms with van der Waals surface area (Å²) in [5.41, 5.74) is 0. The van der Waals surface area contributed by atoms with Gasteiger partial charge < -0.3 is 20.1 Å². The first-order chi connectivity index (χ1) is 14.5. The predicted octanol–water partition coefficient (Wildman–Crippen LogP) is 2.93. The molecule has 0 rings (SSSR count). The van der Waals surface area contributed by atoms with Crippen molar-refractivity contribution in [2.45, 2.75) is 115 Å². The highest BCUT2D eigenvalue weighted by molar-refractivity contribution is 7.80. The van der Waals surface area contributed by atoms with Crippen LogP contribution in [0, 0.1) is 0 Å². The smallest absolute Gasteiger partial charge is 0.220 e. The molecule has 0 fully saturated rings. The number of nitrogens with one attached hydrogen (secondary N) is 2. The van der Waals surface area contributed by atoms with Gasteiger partial charge in [0.15, 0.2) is 0 Å². The van der Waals surface area contributed by atoms with Crippen LogP contribution in [-0.4, -0.2) is 44.3 Å². The lowest BCUT2D eigenvalue weighted by molar-refractivity contribution is -0.858. The molecule has 0 aliphatic rings. The lowest BCUT2D eigenvalue weighted by Gasteiger charge is -2.17. The molecule has 0 aliphatic carbocycles. The van der Waals surface area contributed by atoms with E-state index in [1.165, 1.54) is 90.0 Å². The monoisotopic (exact) mass is 444 g/mol. The van der Waals surface area contributed by atoms with Crippen molar-refractivity contribution in [3.8, 4) is 0 Å². The van der Waals surface area contributed by atoms with Crippen LogP contribution in [0.25, 0.3) is 0 Å². The SMILES string of the molecule is C[NH+](C)CCCCCCCCCCCCCCCCCCC(=O)NC(CS)C(=O)[O-]. The Hall–Kier alpha value is -0.750. The minimum atomic E-state index is -1.27. The highest BCUT2D eigenvalue weighted by Crippen LogP contribution is 2.14. The molecule has 0 aliphatic heterocycles. The van der Waals surface area contributed by atoms with Crippen molar-refractivity contribution in [2.24, 2.45) is 0 Å². The third-order valence-corrected chi connectivity index (χ3v) is 6.00. The molecule has 5 nitrogen and oxygen atoms in total. The van der Waals surface area contributed by atoms with E-state index in [9.17, 15) is 14.7 Å². The van der Waals surface area contributed by atoms with Crippen LogP contribution < -0.4 is 15.3 Å². The molecule has 0 bridgehead atoms. The molecular weight excluding hydrogens is 396 g/mol. The van der Waals surface area contributed by atoms with Crippen LogP contribution in [0.4, 0.5) is 0 Å². The summed E-state index contributed by atoms with van der Waals surface area (Å²) in [6.45, 7) is 1.31. The van der Waals surface area contributed by atoms with E-state index in [4.69, 9.17) is 0 Å². The maximum atomic E-state index is 11.7. The van der Waals surface area contributed by atoms with Gasteiger partial charge in [-0.25, -0.2) is 0 Å². The van der Waals surface area contributed by atoms with Crippen LogP contribution in [0.15, 0.2) is 0 Å². The second kappa shape index (κ2) is 21.5. The van der Waals surface area contributed by atoms with Gasteiger partial charge in [0, 0.05) is 12.2 Å². The first-order valence-electron chi connectivity index (χ1n) is 12.4. The van der Waals surface area contributed by atoms with Gasteiger partial charge in [0.1, 0.15) is 0 Å². The molecule has 1 unspecified atom stereocenters. The Morgan fingerprint density at radius 1 is 0.733 bits per heavy atom. The van der Waals surface area contributed by atoms with Gasteiger partial charge in [0.05, 0.1) is 32.7 Å². The van der Waals surface area contributed by atoms with Gasteiger partial charge in [-0.05, 0) is 19.3 Å². The lowest BCUT2D eigenvalue weighted by Crippen LogP contribution is -3.05. The van der Waals surface area contributed by atoms with Gasteiger partial charge >= 0.3 is 0 Å². The third kappa shape index (κ3) is 20.5. The molecule has 1 atom stereocenters. The predicted molar refractivity (Wildman–Crippen MR) is 127 cm³/mol. The van der Waals surface area contributed by atoms with E-state index in [0.717, 1.165) is 19.3 Å². The van der Waals surface area contributed by atoms with Crippen molar-refractivity contribution in [3.63, 3.8) is 0 Å². The zero-order valence-corrected chi connectivity index (χ0v) is 20.6. The van der Waals surface area contributed by atoms with Crippen molar-refractivity contribution in [3.05, 3.63) is 0 Å². The van der Waals surface area contributed by atoms with E-state index < -0.39 is 12.0 Å². The minimum absolute atomic E-state index is 0.0615. The average molecular weight is 445 g/mol. The number of unbranched alkanes of at least 4 members (excludes halogenated alkanes) is 15. The Morgan fingerprint density at radius 2 is 1.10 bits per heavy atom. The molecule has 0 heterocycles. The van der Waals surface area contributed by atoms with Gasteiger partial charge in [0.2, 0.25) is 5.91 Å². The molecule has 30 heavy (non-hydrogen) atoms. The zero-order valence-electron chi connectivity index (χ0n) is 19.7. The summed E-state index contributed by atoms with van der Waals surface area (Å²) in [7, 11) is 4.46. The number of hydrogen-bond acceptors (Lipinski definition) is 4. The van der Waals surface area contributed by atoms with Gasteiger partial charge in [0.25, 0.3) is 0 Å². The summed E-state index contributed by atoms with van der Waals surface area (Å²) < 4.78 is 0. The molecule has 0 aromatic heterocycles. The van der Waals surface area contributed by atoms with Crippen molar-refractivity contribution in [1.82, 2.24) is 5.32 Å². The van der Waals surface area contributed by atoms with Crippen LogP contribution in [0.5, 0.6) is 0 Å². The number of amides is 1. The van der Waals surface area contributed by atoms with E-state index in [2.05, 4.69) is 32.0 Å². The number of rotatable bonds is 22. The van der Waals surface area contributed by atoms with Crippen LogP contribution in [0.1, 0.15) is 109 Å². The fourth-order valence-electron chi connectivity index (χ4n) is 3.68. The summed E-state index contributed by atoms with van der Waals surface area (Å²) in [4.78, 5) is 24.0. The first-order valence-corrected chi connectivity index (χ1v) is 13.0. The number of carboxylic acid groups (broad SMARTS) is 1.